The van der Waals surface area contributed by atoms with E-state index in [0.717, 1.165) is 12.8 Å². The van der Waals surface area contributed by atoms with Gasteiger partial charge in [-0.25, -0.2) is 0 Å². The molecule has 0 unspecified atom stereocenters. The van der Waals surface area contributed by atoms with Crippen molar-refractivity contribution in [2.45, 2.75) is 30.0 Å². The van der Waals surface area contributed by atoms with Crippen LogP contribution >= 0.6 is 23.2 Å². The van der Waals surface area contributed by atoms with Crippen LogP contribution in [-0.2, 0) is 4.79 Å². The Morgan fingerprint density at radius 3 is 2.00 bits per heavy atom. The molecule has 0 saturated heterocycles. The van der Waals surface area contributed by atoms with E-state index in [9.17, 15) is 4.79 Å². The monoisotopic (exact) mass is 178 g/mol. The summed E-state index contributed by atoms with van der Waals surface area (Å²) >= 11 is 11.7. The van der Waals surface area contributed by atoms with Crippen LogP contribution in [0.5, 0.6) is 0 Å². The van der Waals surface area contributed by atoms with Crippen LogP contribution in [0.2, 0.25) is 0 Å². The Kier molecular flexibility index (Phi) is 1.18. The molecule has 0 aromatic carbocycles. The van der Waals surface area contributed by atoms with Crippen molar-refractivity contribution in [2.24, 2.45) is 5.41 Å². The number of Topliss-reactive ketones (excluding diaryl/α,β-unsaturated/α-hetero) is 1. The van der Waals surface area contributed by atoms with Crippen LogP contribution in [0.15, 0.2) is 0 Å². The van der Waals surface area contributed by atoms with Gasteiger partial charge in [0.05, 0.1) is 0 Å². The third kappa shape index (κ3) is 0.543. The maximum Gasteiger partial charge on any atom is 0.181 e. The molecule has 0 amide bonds. The minimum absolute atomic E-state index is 0.00675. The molecule has 0 atom stereocenters. The largest absolute Gasteiger partial charge is 0.296 e. The summed E-state index contributed by atoms with van der Waals surface area (Å²) in [5.41, 5.74) is -0.00675. The van der Waals surface area contributed by atoms with Gasteiger partial charge in [0.2, 0.25) is 0 Å². The van der Waals surface area contributed by atoms with Gasteiger partial charge < -0.3 is 0 Å². The Balaban J connectivity index is 2.22. The van der Waals surface area contributed by atoms with Gasteiger partial charge in [-0.15, -0.1) is 0 Å². The van der Waals surface area contributed by atoms with E-state index in [1.54, 1.807) is 0 Å². The molecule has 1 spiro atoms. The normalized spacial score (nSPS) is 33.2. The lowest BCUT2D eigenvalue weighted by Gasteiger charge is -2.56. The van der Waals surface area contributed by atoms with Gasteiger partial charge in [0.1, 0.15) is 0 Å². The number of rotatable bonds is 0. The van der Waals surface area contributed by atoms with Gasteiger partial charge in [-0.3, -0.25) is 4.79 Å². The van der Waals surface area contributed by atoms with Crippen molar-refractivity contribution in [2.75, 3.05) is 0 Å². The Hall–Kier alpha value is 0.250. The third-order valence-electron chi connectivity index (χ3n) is 2.83. The van der Waals surface area contributed by atoms with E-state index in [2.05, 4.69) is 0 Å². The fourth-order valence-corrected chi connectivity index (χ4v) is 2.46. The van der Waals surface area contributed by atoms with Crippen LogP contribution in [0.3, 0.4) is 0 Å². The van der Waals surface area contributed by atoms with E-state index >= 15 is 0 Å². The van der Waals surface area contributed by atoms with E-state index < -0.39 is 4.33 Å². The van der Waals surface area contributed by atoms with Crippen LogP contribution < -0.4 is 0 Å². The van der Waals surface area contributed by atoms with Crippen LogP contribution in [-0.4, -0.2) is 10.1 Å². The van der Waals surface area contributed by atoms with Crippen LogP contribution in [0.4, 0.5) is 0 Å². The molecule has 1 nitrogen and oxygen atoms in total. The molecule has 0 aromatic heterocycles. The highest BCUT2D eigenvalue weighted by Gasteiger charge is 2.66. The van der Waals surface area contributed by atoms with Gasteiger partial charge in [-0.05, 0) is 12.8 Å². The molecule has 0 N–H and O–H groups in total. The van der Waals surface area contributed by atoms with Gasteiger partial charge in [-0.1, -0.05) is 29.6 Å². The highest BCUT2D eigenvalue weighted by Crippen LogP contribution is 2.64. The molecule has 2 aliphatic carbocycles. The summed E-state index contributed by atoms with van der Waals surface area (Å²) in [6.45, 7) is 0. The van der Waals surface area contributed by atoms with Gasteiger partial charge in [-0.2, -0.15) is 0 Å². The summed E-state index contributed by atoms with van der Waals surface area (Å²) in [6.07, 6.45) is 3.85. The van der Waals surface area contributed by atoms with Crippen LogP contribution in [0.1, 0.15) is 25.7 Å². The van der Waals surface area contributed by atoms with Crippen molar-refractivity contribution in [1.82, 2.24) is 0 Å². The molecule has 2 aliphatic rings. The van der Waals surface area contributed by atoms with Crippen LogP contribution in [0, 0.1) is 5.41 Å². The second-order valence-corrected chi connectivity index (χ2v) is 4.64. The Morgan fingerprint density at radius 1 is 1.30 bits per heavy atom. The summed E-state index contributed by atoms with van der Waals surface area (Å²) in [6, 6.07) is 0. The third-order valence-corrected chi connectivity index (χ3v) is 4.05. The molecular formula is C7H8Cl2O. The zero-order valence-corrected chi connectivity index (χ0v) is 7.00. The van der Waals surface area contributed by atoms with Gasteiger partial charge in [0, 0.05) is 11.8 Å². The lowest BCUT2D eigenvalue weighted by atomic mass is 9.55. The number of alkyl halides is 2. The first kappa shape index (κ1) is 6.93. The van der Waals surface area contributed by atoms with E-state index in [0.29, 0.717) is 6.42 Å². The zero-order chi connectivity index (χ0) is 7.41. The summed E-state index contributed by atoms with van der Waals surface area (Å²) < 4.78 is -1.02. The van der Waals surface area contributed by atoms with Crippen molar-refractivity contribution >= 4 is 29.0 Å². The predicted octanol–water partition coefficient (Wildman–Crippen LogP) is 2.30. The molecule has 56 valence electrons. The molecule has 0 heterocycles. The van der Waals surface area contributed by atoms with Crippen molar-refractivity contribution in [1.29, 1.82) is 0 Å². The molecule has 2 rings (SSSR count). The average molecular weight is 179 g/mol. The van der Waals surface area contributed by atoms with Gasteiger partial charge in [0.25, 0.3) is 0 Å². The number of carbonyl (C=O) groups excluding carboxylic acids is 1. The first-order chi connectivity index (χ1) is 4.58. The minimum Gasteiger partial charge on any atom is -0.296 e. The maximum absolute atomic E-state index is 10.9. The van der Waals surface area contributed by atoms with E-state index in [1.807, 2.05) is 0 Å². The van der Waals surface area contributed by atoms with Crippen molar-refractivity contribution < 1.29 is 4.79 Å². The number of ketones is 1. The topological polar surface area (TPSA) is 17.1 Å². The Bertz CT molecular complexity index is 194. The number of halogens is 2. The summed E-state index contributed by atoms with van der Waals surface area (Å²) in [5, 5.41) is 0. The van der Waals surface area contributed by atoms with Crippen LogP contribution in [0.25, 0.3) is 0 Å². The Morgan fingerprint density at radius 2 is 1.90 bits per heavy atom. The summed E-state index contributed by atoms with van der Waals surface area (Å²) in [4.78, 5) is 10.9. The fourth-order valence-electron chi connectivity index (χ4n) is 1.81. The molecule has 0 aliphatic heterocycles. The highest BCUT2D eigenvalue weighted by molar-refractivity contribution is 6.61. The molecule has 3 heteroatoms. The molecular weight excluding hydrogens is 171 g/mol. The maximum atomic E-state index is 10.9. The number of hydrogen-bond acceptors (Lipinski definition) is 1. The highest BCUT2D eigenvalue weighted by atomic mass is 35.5. The SMILES string of the molecule is O=C1CC2(CCC2)C1(Cl)Cl. The fraction of sp³-hybridized carbons (Fsp3) is 0.857. The second-order valence-electron chi connectivity index (χ2n) is 3.31. The molecule has 0 aromatic rings. The zero-order valence-electron chi connectivity index (χ0n) is 5.49. The van der Waals surface area contributed by atoms with E-state index in [4.69, 9.17) is 23.2 Å². The smallest absolute Gasteiger partial charge is 0.181 e. The molecule has 0 radical (unpaired) electrons. The quantitative estimate of drug-likeness (QED) is 0.521. The standard InChI is InChI=1S/C7H8Cl2O/c8-7(9)5(10)4-6(7)2-1-3-6/h1-4H2. The van der Waals surface area contributed by atoms with Gasteiger partial charge >= 0.3 is 0 Å². The predicted molar refractivity (Wildman–Crippen MR) is 40.3 cm³/mol. The first-order valence-corrected chi connectivity index (χ1v) is 4.25. The van der Waals surface area contributed by atoms with Crippen molar-refractivity contribution in [3.8, 4) is 0 Å². The van der Waals surface area contributed by atoms with E-state index in [-0.39, 0.29) is 11.2 Å². The number of hydrogen-bond donors (Lipinski definition) is 0. The molecule has 0 bridgehead atoms. The molecule has 2 fully saturated rings. The lowest BCUT2D eigenvalue weighted by molar-refractivity contribution is -0.140. The molecule has 10 heavy (non-hydrogen) atoms. The van der Waals surface area contributed by atoms with E-state index in [1.165, 1.54) is 6.42 Å². The average Bonchev–Trinajstić information content (AvgIpc) is 1.77. The Labute approximate surface area is 69.7 Å². The minimum atomic E-state index is -1.02. The van der Waals surface area contributed by atoms with Crippen molar-refractivity contribution in [3.05, 3.63) is 0 Å². The molecule has 2 saturated carbocycles. The first-order valence-electron chi connectivity index (χ1n) is 3.50. The van der Waals surface area contributed by atoms with Crippen molar-refractivity contribution in [3.63, 3.8) is 0 Å². The number of carbonyl (C=O) groups is 1. The van der Waals surface area contributed by atoms with Gasteiger partial charge in [0.15, 0.2) is 10.1 Å². The summed E-state index contributed by atoms with van der Waals surface area (Å²) in [5.74, 6) is 0.00975. The second kappa shape index (κ2) is 1.70. The lowest BCUT2D eigenvalue weighted by Crippen LogP contribution is -2.61. The summed E-state index contributed by atoms with van der Waals surface area (Å²) in [7, 11) is 0.